The Kier molecular flexibility index (Phi) is 5.49. The van der Waals surface area contributed by atoms with Gasteiger partial charge in [0.15, 0.2) is 11.0 Å². The molecule has 0 fully saturated rings. The number of nitrogens with one attached hydrogen (secondary N) is 1. The van der Waals surface area contributed by atoms with Crippen molar-refractivity contribution in [2.24, 2.45) is 0 Å². The SMILES string of the molecule is CCn1c(SC(C)C(=O)NCc2ccco2)nnc1-c1ccncc1. The maximum atomic E-state index is 12.3. The molecule has 8 heteroatoms. The first-order valence-electron chi connectivity index (χ1n) is 7.99. The van der Waals surface area contributed by atoms with Gasteiger partial charge < -0.3 is 14.3 Å². The summed E-state index contributed by atoms with van der Waals surface area (Å²) in [5, 5.41) is 11.8. The van der Waals surface area contributed by atoms with Crippen molar-refractivity contribution in [2.75, 3.05) is 0 Å². The van der Waals surface area contributed by atoms with E-state index in [2.05, 4.69) is 20.5 Å². The number of hydrogen-bond donors (Lipinski definition) is 1. The van der Waals surface area contributed by atoms with Crippen molar-refractivity contribution >= 4 is 17.7 Å². The quantitative estimate of drug-likeness (QED) is 0.655. The van der Waals surface area contributed by atoms with Crippen LogP contribution in [-0.2, 0) is 17.9 Å². The predicted octanol–water partition coefficient (Wildman–Crippen LogP) is 2.75. The smallest absolute Gasteiger partial charge is 0.233 e. The first kappa shape index (κ1) is 17.2. The lowest BCUT2D eigenvalue weighted by atomic mass is 10.2. The molecule has 1 N–H and O–H groups in total. The summed E-state index contributed by atoms with van der Waals surface area (Å²) in [4.78, 5) is 16.3. The molecule has 130 valence electrons. The molecule has 0 bridgehead atoms. The fraction of sp³-hybridized carbons (Fsp3) is 0.294. The van der Waals surface area contributed by atoms with Crippen molar-refractivity contribution in [1.82, 2.24) is 25.1 Å². The van der Waals surface area contributed by atoms with Crippen molar-refractivity contribution in [3.63, 3.8) is 0 Å². The molecule has 3 aromatic heterocycles. The van der Waals surface area contributed by atoms with Crippen LogP contribution in [0, 0.1) is 0 Å². The van der Waals surface area contributed by atoms with Crippen molar-refractivity contribution in [1.29, 1.82) is 0 Å². The van der Waals surface area contributed by atoms with Gasteiger partial charge in [-0.2, -0.15) is 0 Å². The summed E-state index contributed by atoms with van der Waals surface area (Å²) in [5.41, 5.74) is 0.950. The third-order valence-corrected chi connectivity index (χ3v) is 4.72. The van der Waals surface area contributed by atoms with Crippen LogP contribution in [0.25, 0.3) is 11.4 Å². The highest BCUT2D eigenvalue weighted by Gasteiger charge is 2.20. The van der Waals surface area contributed by atoms with Crippen molar-refractivity contribution in [2.45, 2.75) is 37.3 Å². The number of carbonyl (C=O) groups is 1. The third kappa shape index (κ3) is 4.08. The van der Waals surface area contributed by atoms with E-state index >= 15 is 0 Å². The molecule has 0 aliphatic carbocycles. The third-order valence-electron chi connectivity index (χ3n) is 3.64. The van der Waals surface area contributed by atoms with E-state index in [-0.39, 0.29) is 11.2 Å². The lowest BCUT2D eigenvalue weighted by Gasteiger charge is -2.12. The molecule has 0 spiro atoms. The lowest BCUT2D eigenvalue weighted by molar-refractivity contribution is -0.120. The summed E-state index contributed by atoms with van der Waals surface area (Å²) in [7, 11) is 0. The molecular weight excluding hydrogens is 338 g/mol. The van der Waals surface area contributed by atoms with E-state index < -0.39 is 0 Å². The van der Waals surface area contributed by atoms with Gasteiger partial charge in [-0.1, -0.05) is 11.8 Å². The minimum absolute atomic E-state index is 0.0717. The molecule has 25 heavy (non-hydrogen) atoms. The number of hydrogen-bond acceptors (Lipinski definition) is 6. The van der Waals surface area contributed by atoms with E-state index in [0.29, 0.717) is 13.1 Å². The first-order valence-corrected chi connectivity index (χ1v) is 8.87. The van der Waals surface area contributed by atoms with E-state index in [9.17, 15) is 4.79 Å². The largest absolute Gasteiger partial charge is 0.467 e. The maximum Gasteiger partial charge on any atom is 0.233 e. The molecule has 0 aliphatic heterocycles. The predicted molar refractivity (Wildman–Crippen MR) is 94.8 cm³/mol. The first-order chi connectivity index (χ1) is 12.2. The Balaban J connectivity index is 1.67. The van der Waals surface area contributed by atoms with E-state index in [4.69, 9.17) is 4.42 Å². The molecule has 1 unspecified atom stereocenters. The van der Waals surface area contributed by atoms with E-state index in [0.717, 1.165) is 22.3 Å². The molecule has 0 saturated heterocycles. The number of thioether (sulfide) groups is 1. The zero-order chi connectivity index (χ0) is 17.6. The Morgan fingerprint density at radius 2 is 2.12 bits per heavy atom. The average Bonchev–Trinajstić information content (AvgIpc) is 3.29. The van der Waals surface area contributed by atoms with Gasteiger partial charge in [0.05, 0.1) is 18.1 Å². The second-order valence-corrected chi connectivity index (χ2v) is 6.65. The van der Waals surface area contributed by atoms with E-state index in [1.165, 1.54) is 11.8 Å². The Morgan fingerprint density at radius 1 is 1.32 bits per heavy atom. The Bertz CT molecular complexity index is 817. The molecular formula is C17H19N5O2S. The Hall–Kier alpha value is -2.61. The van der Waals surface area contributed by atoms with Gasteiger partial charge in [-0.05, 0) is 38.1 Å². The molecule has 1 amide bonds. The second kappa shape index (κ2) is 7.98. The second-order valence-electron chi connectivity index (χ2n) is 5.34. The molecule has 0 radical (unpaired) electrons. The van der Waals surface area contributed by atoms with Gasteiger partial charge in [0.25, 0.3) is 0 Å². The molecule has 0 aliphatic rings. The summed E-state index contributed by atoms with van der Waals surface area (Å²) >= 11 is 1.39. The number of rotatable bonds is 7. The van der Waals surface area contributed by atoms with Crippen LogP contribution in [0.4, 0.5) is 0 Å². The molecule has 0 aromatic carbocycles. The average molecular weight is 357 g/mol. The number of nitrogens with zero attached hydrogens (tertiary/aromatic N) is 4. The highest BCUT2D eigenvalue weighted by Crippen LogP contribution is 2.26. The van der Waals surface area contributed by atoms with Crippen LogP contribution < -0.4 is 5.32 Å². The van der Waals surface area contributed by atoms with Crippen molar-refractivity contribution < 1.29 is 9.21 Å². The van der Waals surface area contributed by atoms with Crippen LogP contribution >= 0.6 is 11.8 Å². The number of pyridine rings is 1. The standard InChI is InChI=1S/C17H19N5O2S/c1-3-22-15(13-6-8-18-9-7-13)20-21-17(22)25-12(2)16(23)19-11-14-5-4-10-24-14/h4-10,12H,3,11H2,1-2H3,(H,19,23). The van der Waals surface area contributed by atoms with Crippen LogP contribution in [0.15, 0.2) is 52.5 Å². The highest BCUT2D eigenvalue weighted by molar-refractivity contribution is 8.00. The molecule has 3 heterocycles. The van der Waals surface area contributed by atoms with E-state index in [1.54, 1.807) is 24.7 Å². The number of carbonyl (C=O) groups excluding carboxylic acids is 1. The van der Waals surface area contributed by atoms with Gasteiger partial charge in [0.1, 0.15) is 5.76 Å². The van der Waals surface area contributed by atoms with E-state index in [1.807, 2.05) is 36.6 Å². The molecule has 1 atom stereocenters. The van der Waals surface area contributed by atoms with Crippen LogP contribution in [0.1, 0.15) is 19.6 Å². The van der Waals surface area contributed by atoms with Gasteiger partial charge in [-0.25, -0.2) is 0 Å². The minimum Gasteiger partial charge on any atom is -0.467 e. The summed E-state index contributed by atoms with van der Waals surface area (Å²) in [5.74, 6) is 1.43. The fourth-order valence-corrected chi connectivity index (χ4v) is 3.26. The van der Waals surface area contributed by atoms with Crippen LogP contribution in [0.3, 0.4) is 0 Å². The van der Waals surface area contributed by atoms with Crippen molar-refractivity contribution in [3.05, 3.63) is 48.7 Å². The monoisotopic (exact) mass is 357 g/mol. The van der Waals surface area contributed by atoms with Crippen LogP contribution in [0.5, 0.6) is 0 Å². The van der Waals surface area contributed by atoms with Crippen molar-refractivity contribution in [3.8, 4) is 11.4 Å². The molecule has 0 saturated carbocycles. The summed E-state index contributed by atoms with van der Waals surface area (Å²) in [6.07, 6.45) is 5.03. The van der Waals surface area contributed by atoms with Crippen LogP contribution in [-0.4, -0.2) is 30.9 Å². The summed E-state index contributed by atoms with van der Waals surface area (Å²) < 4.78 is 7.21. The minimum atomic E-state index is -0.297. The van der Waals surface area contributed by atoms with Gasteiger partial charge in [0.2, 0.25) is 5.91 Å². The molecule has 3 aromatic rings. The molecule has 7 nitrogen and oxygen atoms in total. The number of amides is 1. The topological polar surface area (TPSA) is 85.8 Å². The van der Waals surface area contributed by atoms with Gasteiger partial charge in [-0.15, -0.1) is 10.2 Å². The van der Waals surface area contributed by atoms with Gasteiger partial charge in [-0.3, -0.25) is 9.78 Å². The number of aromatic nitrogens is 4. The fourth-order valence-electron chi connectivity index (χ4n) is 2.32. The molecule has 3 rings (SSSR count). The zero-order valence-electron chi connectivity index (χ0n) is 14.0. The van der Waals surface area contributed by atoms with Crippen LogP contribution in [0.2, 0.25) is 0 Å². The summed E-state index contributed by atoms with van der Waals surface area (Å²) in [6.45, 7) is 4.97. The highest BCUT2D eigenvalue weighted by atomic mass is 32.2. The lowest BCUT2D eigenvalue weighted by Crippen LogP contribution is -2.30. The van der Waals surface area contributed by atoms with Gasteiger partial charge >= 0.3 is 0 Å². The Morgan fingerprint density at radius 3 is 2.80 bits per heavy atom. The summed E-state index contributed by atoms with van der Waals surface area (Å²) in [6, 6.07) is 7.41. The number of furan rings is 1. The Labute approximate surface area is 149 Å². The maximum absolute atomic E-state index is 12.3. The zero-order valence-corrected chi connectivity index (χ0v) is 14.9. The van der Waals surface area contributed by atoms with Gasteiger partial charge in [0, 0.05) is 24.5 Å². The normalized spacial score (nSPS) is 12.1.